The zero-order valence-corrected chi connectivity index (χ0v) is 11.5. The first kappa shape index (κ1) is 14.9. The van der Waals surface area contributed by atoms with Crippen LogP contribution in [0.25, 0.3) is 0 Å². The SMILES string of the molecule is CCCCCCC(CC1OCCO1)NCCC. The Morgan fingerprint density at radius 3 is 2.47 bits per heavy atom. The van der Waals surface area contributed by atoms with E-state index >= 15 is 0 Å². The summed E-state index contributed by atoms with van der Waals surface area (Å²) in [5, 5.41) is 3.61. The van der Waals surface area contributed by atoms with E-state index in [1.807, 2.05) is 0 Å². The van der Waals surface area contributed by atoms with Gasteiger partial charge in [0.05, 0.1) is 13.2 Å². The van der Waals surface area contributed by atoms with Crippen LogP contribution in [0.3, 0.4) is 0 Å². The molecule has 1 aliphatic heterocycles. The van der Waals surface area contributed by atoms with Gasteiger partial charge in [0.2, 0.25) is 0 Å². The van der Waals surface area contributed by atoms with Crippen LogP contribution in [0.5, 0.6) is 0 Å². The Morgan fingerprint density at radius 1 is 1.06 bits per heavy atom. The monoisotopic (exact) mass is 243 g/mol. The fourth-order valence-electron chi connectivity index (χ4n) is 2.24. The summed E-state index contributed by atoms with van der Waals surface area (Å²) in [6.07, 6.45) is 8.83. The highest BCUT2D eigenvalue weighted by molar-refractivity contribution is 4.70. The zero-order chi connectivity index (χ0) is 12.3. The van der Waals surface area contributed by atoms with Crippen LogP contribution < -0.4 is 5.32 Å². The van der Waals surface area contributed by atoms with Gasteiger partial charge in [0, 0.05) is 12.5 Å². The van der Waals surface area contributed by atoms with E-state index in [9.17, 15) is 0 Å². The number of unbranched alkanes of at least 4 members (excludes halogenated alkanes) is 3. The largest absolute Gasteiger partial charge is 0.350 e. The molecule has 0 spiro atoms. The van der Waals surface area contributed by atoms with Crippen LogP contribution in [-0.4, -0.2) is 32.1 Å². The second-order valence-corrected chi connectivity index (χ2v) is 4.91. The fraction of sp³-hybridized carbons (Fsp3) is 1.00. The molecule has 17 heavy (non-hydrogen) atoms. The van der Waals surface area contributed by atoms with Gasteiger partial charge in [-0.05, 0) is 19.4 Å². The van der Waals surface area contributed by atoms with Gasteiger partial charge in [-0.1, -0.05) is 39.5 Å². The maximum Gasteiger partial charge on any atom is 0.159 e. The van der Waals surface area contributed by atoms with Crippen LogP contribution in [-0.2, 0) is 9.47 Å². The maximum atomic E-state index is 5.53. The lowest BCUT2D eigenvalue weighted by Crippen LogP contribution is -2.33. The summed E-state index contributed by atoms with van der Waals surface area (Å²) in [5.41, 5.74) is 0. The quantitative estimate of drug-likeness (QED) is 0.598. The zero-order valence-electron chi connectivity index (χ0n) is 11.5. The van der Waals surface area contributed by atoms with Crippen molar-refractivity contribution in [3.8, 4) is 0 Å². The maximum absolute atomic E-state index is 5.53. The molecule has 0 aromatic heterocycles. The van der Waals surface area contributed by atoms with Crippen molar-refractivity contribution in [1.29, 1.82) is 0 Å². The predicted octanol–water partition coefficient (Wildman–Crippen LogP) is 3.09. The Hall–Kier alpha value is -0.120. The third-order valence-electron chi connectivity index (χ3n) is 3.26. The Balaban J connectivity index is 2.16. The van der Waals surface area contributed by atoms with Crippen molar-refractivity contribution < 1.29 is 9.47 Å². The number of hydrogen-bond acceptors (Lipinski definition) is 3. The van der Waals surface area contributed by atoms with Gasteiger partial charge in [-0.25, -0.2) is 0 Å². The molecular weight excluding hydrogens is 214 g/mol. The highest BCUT2D eigenvalue weighted by atomic mass is 16.7. The topological polar surface area (TPSA) is 30.5 Å². The molecule has 0 aromatic rings. The van der Waals surface area contributed by atoms with E-state index in [-0.39, 0.29) is 6.29 Å². The summed E-state index contributed by atoms with van der Waals surface area (Å²) in [7, 11) is 0. The molecule has 0 saturated carbocycles. The molecule has 102 valence electrons. The Morgan fingerprint density at radius 2 is 1.82 bits per heavy atom. The van der Waals surface area contributed by atoms with Crippen LogP contribution in [0.2, 0.25) is 0 Å². The Bertz CT molecular complexity index is 170. The molecule has 1 aliphatic rings. The van der Waals surface area contributed by atoms with Crippen LogP contribution in [0.1, 0.15) is 58.8 Å². The highest BCUT2D eigenvalue weighted by Crippen LogP contribution is 2.15. The van der Waals surface area contributed by atoms with E-state index in [4.69, 9.17) is 9.47 Å². The minimum absolute atomic E-state index is 0.0375. The molecule has 0 aromatic carbocycles. The second-order valence-electron chi connectivity index (χ2n) is 4.91. The van der Waals surface area contributed by atoms with Crippen molar-refractivity contribution in [2.45, 2.75) is 71.1 Å². The van der Waals surface area contributed by atoms with Gasteiger partial charge < -0.3 is 14.8 Å². The summed E-state index contributed by atoms with van der Waals surface area (Å²) in [5.74, 6) is 0. The van der Waals surface area contributed by atoms with Gasteiger partial charge in [0.25, 0.3) is 0 Å². The number of ether oxygens (including phenoxy) is 2. The molecule has 1 fully saturated rings. The van der Waals surface area contributed by atoms with Crippen molar-refractivity contribution in [2.24, 2.45) is 0 Å². The number of rotatable bonds is 10. The molecule has 1 saturated heterocycles. The molecule has 3 nitrogen and oxygen atoms in total. The smallest absolute Gasteiger partial charge is 0.159 e. The molecule has 1 unspecified atom stereocenters. The van der Waals surface area contributed by atoms with Crippen LogP contribution in [0, 0.1) is 0 Å². The average molecular weight is 243 g/mol. The molecule has 1 atom stereocenters. The van der Waals surface area contributed by atoms with Gasteiger partial charge in [-0.2, -0.15) is 0 Å². The molecule has 0 amide bonds. The van der Waals surface area contributed by atoms with E-state index in [0.717, 1.165) is 26.2 Å². The van der Waals surface area contributed by atoms with Gasteiger partial charge in [0.15, 0.2) is 6.29 Å². The molecule has 0 bridgehead atoms. The number of nitrogens with one attached hydrogen (secondary N) is 1. The minimum Gasteiger partial charge on any atom is -0.350 e. The Kier molecular flexibility index (Phi) is 8.67. The van der Waals surface area contributed by atoms with Gasteiger partial charge in [0.1, 0.15) is 0 Å². The second kappa shape index (κ2) is 9.86. The van der Waals surface area contributed by atoms with Crippen LogP contribution >= 0.6 is 0 Å². The lowest BCUT2D eigenvalue weighted by molar-refractivity contribution is -0.0532. The molecular formula is C14H29NO2. The van der Waals surface area contributed by atoms with Crippen molar-refractivity contribution in [1.82, 2.24) is 5.32 Å². The fourth-order valence-corrected chi connectivity index (χ4v) is 2.24. The highest BCUT2D eigenvalue weighted by Gasteiger charge is 2.20. The first-order valence-corrected chi connectivity index (χ1v) is 7.33. The number of hydrogen-bond donors (Lipinski definition) is 1. The summed E-state index contributed by atoms with van der Waals surface area (Å²) in [6.45, 7) is 7.10. The summed E-state index contributed by atoms with van der Waals surface area (Å²) >= 11 is 0. The summed E-state index contributed by atoms with van der Waals surface area (Å²) < 4.78 is 11.1. The third kappa shape index (κ3) is 7.02. The van der Waals surface area contributed by atoms with Crippen LogP contribution in [0.4, 0.5) is 0 Å². The molecule has 1 heterocycles. The van der Waals surface area contributed by atoms with Gasteiger partial charge in [-0.15, -0.1) is 0 Å². The standard InChI is InChI=1S/C14H29NO2/c1-3-5-6-7-8-13(15-9-4-2)12-14-16-10-11-17-14/h13-15H,3-12H2,1-2H3. The van der Waals surface area contributed by atoms with Gasteiger partial charge >= 0.3 is 0 Å². The van der Waals surface area contributed by atoms with Crippen LogP contribution in [0.15, 0.2) is 0 Å². The van der Waals surface area contributed by atoms with E-state index < -0.39 is 0 Å². The predicted molar refractivity (Wildman–Crippen MR) is 71.1 cm³/mol. The van der Waals surface area contributed by atoms with E-state index in [1.54, 1.807) is 0 Å². The first-order valence-electron chi connectivity index (χ1n) is 7.33. The Labute approximate surface area is 106 Å². The minimum atomic E-state index is 0.0375. The van der Waals surface area contributed by atoms with E-state index in [0.29, 0.717) is 6.04 Å². The lowest BCUT2D eigenvalue weighted by atomic mass is 10.0. The molecule has 0 aliphatic carbocycles. The summed E-state index contributed by atoms with van der Waals surface area (Å²) in [4.78, 5) is 0. The van der Waals surface area contributed by atoms with Crippen molar-refractivity contribution in [3.63, 3.8) is 0 Å². The van der Waals surface area contributed by atoms with Crippen molar-refractivity contribution in [2.75, 3.05) is 19.8 Å². The van der Waals surface area contributed by atoms with Crippen molar-refractivity contribution in [3.05, 3.63) is 0 Å². The average Bonchev–Trinajstić information content (AvgIpc) is 2.84. The molecule has 0 radical (unpaired) electrons. The van der Waals surface area contributed by atoms with E-state index in [2.05, 4.69) is 19.2 Å². The molecule has 3 heteroatoms. The van der Waals surface area contributed by atoms with E-state index in [1.165, 1.54) is 38.5 Å². The van der Waals surface area contributed by atoms with Crippen molar-refractivity contribution >= 4 is 0 Å². The molecule has 1 N–H and O–H groups in total. The lowest BCUT2D eigenvalue weighted by Gasteiger charge is -2.21. The first-order chi connectivity index (χ1) is 8.36. The normalized spacial score (nSPS) is 18.7. The van der Waals surface area contributed by atoms with Gasteiger partial charge in [-0.3, -0.25) is 0 Å². The summed E-state index contributed by atoms with van der Waals surface area (Å²) in [6, 6.07) is 0.565. The third-order valence-corrected chi connectivity index (χ3v) is 3.26. The molecule has 1 rings (SSSR count).